The zero-order valence-electron chi connectivity index (χ0n) is 5.80. The van der Waals surface area contributed by atoms with Gasteiger partial charge in [-0.2, -0.15) is 0 Å². The first kappa shape index (κ1) is 8.43. The lowest BCUT2D eigenvalue weighted by molar-refractivity contribution is 0.317. The third kappa shape index (κ3) is 3.97. The fraction of sp³-hybridized carbons (Fsp3) is 0.500. The second-order valence-electron chi connectivity index (χ2n) is 1.85. The summed E-state index contributed by atoms with van der Waals surface area (Å²) < 4.78 is 0. The number of rotatable bonds is 4. The standard InChI is InChI=1S/C6H13NOSi/c1-3-6(7-8)5-9-4-2/h4,8H,2-3,5,9H2,1H3. The Morgan fingerprint density at radius 1 is 1.89 bits per heavy atom. The van der Waals surface area contributed by atoms with Crippen LogP contribution in [0.3, 0.4) is 0 Å². The lowest BCUT2D eigenvalue weighted by Gasteiger charge is -1.94. The molecule has 0 atom stereocenters. The smallest absolute Gasteiger partial charge is 0.0539 e. The van der Waals surface area contributed by atoms with E-state index in [0.29, 0.717) is 0 Å². The van der Waals surface area contributed by atoms with E-state index in [1.54, 1.807) is 0 Å². The Bertz CT molecular complexity index is 112. The van der Waals surface area contributed by atoms with E-state index in [1.165, 1.54) is 0 Å². The van der Waals surface area contributed by atoms with Gasteiger partial charge < -0.3 is 5.21 Å². The molecule has 0 aromatic rings. The summed E-state index contributed by atoms with van der Waals surface area (Å²) in [5, 5.41) is 11.5. The fourth-order valence-electron chi connectivity index (χ4n) is 0.566. The molecule has 0 aliphatic heterocycles. The van der Waals surface area contributed by atoms with E-state index < -0.39 is 0 Å². The van der Waals surface area contributed by atoms with Gasteiger partial charge in [-0.15, -0.1) is 12.3 Å². The van der Waals surface area contributed by atoms with Crippen LogP contribution >= 0.6 is 0 Å². The van der Waals surface area contributed by atoms with Gasteiger partial charge in [-0.05, 0) is 12.5 Å². The molecule has 0 amide bonds. The van der Waals surface area contributed by atoms with Crippen molar-refractivity contribution in [3.63, 3.8) is 0 Å². The van der Waals surface area contributed by atoms with Crippen LogP contribution in [0.15, 0.2) is 17.4 Å². The van der Waals surface area contributed by atoms with Gasteiger partial charge in [-0.3, -0.25) is 0 Å². The summed E-state index contributed by atoms with van der Waals surface area (Å²) in [7, 11) is -0.175. The summed E-state index contributed by atoms with van der Waals surface area (Å²) in [5.41, 5.74) is 2.86. The van der Waals surface area contributed by atoms with Gasteiger partial charge in [0.2, 0.25) is 0 Å². The molecule has 0 radical (unpaired) electrons. The minimum absolute atomic E-state index is 0.175. The van der Waals surface area contributed by atoms with Crippen molar-refractivity contribution >= 4 is 15.2 Å². The molecule has 0 bridgehead atoms. The summed E-state index contributed by atoms with van der Waals surface area (Å²) in [4.78, 5) is 0. The van der Waals surface area contributed by atoms with Crippen LogP contribution in [0.4, 0.5) is 0 Å². The van der Waals surface area contributed by atoms with Crippen molar-refractivity contribution in [1.29, 1.82) is 0 Å². The van der Waals surface area contributed by atoms with Gasteiger partial charge in [-0.1, -0.05) is 12.1 Å². The highest BCUT2D eigenvalue weighted by Crippen LogP contribution is 1.91. The highest BCUT2D eigenvalue weighted by Gasteiger charge is 1.92. The van der Waals surface area contributed by atoms with Crippen molar-refractivity contribution in [2.75, 3.05) is 0 Å². The molecule has 9 heavy (non-hydrogen) atoms. The van der Waals surface area contributed by atoms with Crippen LogP contribution in [0.1, 0.15) is 13.3 Å². The van der Waals surface area contributed by atoms with Crippen molar-refractivity contribution in [2.24, 2.45) is 5.16 Å². The molecule has 0 saturated carbocycles. The van der Waals surface area contributed by atoms with Gasteiger partial charge >= 0.3 is 0 Å². The number of hydrogen-bond acceptors (Lipinski definition) is 2. The second-order valence-corrected chi connectivity index (χ2v) is 3.50. The summed E-state index contributed by atoms with van der Waals surface area (Å²) in [6.07, 6.45) is 0.858. The van der Waals surface area contributed by atoms with Gasteiger partial charge in [0.25, 0.3) is 0 Å². The fourth-order valence-corrected chi connectivity index (χ4v) is 1.56. The van der Waals surface area contributed by atoms with Crippen LogP contribution in [-0.2, 0) is 0 Å². The monoisotopic (exact) mass is 143 g/mol. The Kier molecular flexibility index (Phi) is 5.21. The Morgan fingerprint density at radius 2 is 2.56 bits per heavy atom. The van der Waals surface area contributed by atoms with Crippen LogP contribution in [-0.4, -0.2) is 20.4 Å². The topological polar surface area (TPSA) is 32.6 Å². The van der Waals surface area contributed by atoms with Gasteiger partial charge in [0.1, 0.15) is 0 Å². The Hall–Kier alpha value is -0.573. The minimum atomic E-state index is -0.175. The van der Waals surface area contributed by atoms with Gasteiger partial charge in [-0.25, -0.2) is 0 Å². The van der Waals surface area contributed by atoms with E-state index in [0.717, 1.165) is 18.2 Å². The van der Waals surface area contributed by atoms with Crippen molar-refractivity contribution in [3.8, 4) is 0 Å². The zero-order valence-corrected chi connectivity index (χ0v) is 7.21. The molecule has 0 unspecified atom stereocenters. The van der Waals surface area contributed by atoms with E-state index in [1.807, 2.05) is 12.6 Å². The quantitative estimate of drug-likeness (QED) is 0.270. The van der Waals surface area contributed by atoms with Crippen molar-refractivity contribution < 1.29 is 5.21 Å². The van der Waals surface area contributed by atoms with E-state index in [9.17, 15) is 0 Å². The van der Waals surface area contributed by atoms with Crippen LogP contribution in [0.2, 0.25) is 6.04 Å². The van der Waals surface area contributed by atoms with Crippen LogP contribution in [0.25, 0.3) is 0 Å². The maximum Gasteiger partial charge on any atom is 0.0539 e. The van der Waals surface area contributed by atoms with Crippen LogP contribution in [0.5, 0.6) is 0 Å². The van der Waals surface area contributed by atoms with Gasteiger partial charge in [0, 0.05) is 0 Å². The number of nitrogens with zero attached hydrogens (tertiary/aromatic N) is 1. The van der Waals surface area contributed by atoms with Gasteiger partial charge in [0.15, 0.2) is 0 Å². The molecule has 52 valence electrons. The van der Waals surface area contributed by atoms with Crippen molar-refractivity contribution in [1.82, 2.24) is 0 Å². The molecule has 2 nitrogen and oxygen atoms in total. The van der Waals surface area contributed by atoms with Gasteiger partial charge in [0.05, 0.1) is 15.2 Å². The molecule has 0 aliphatic rings. The lowest BCUT2D eigenvalue weighted by atomic mass is 10.3. The first-order valence-corrected chi connectivity index (χ1v) is 4.97. The Labute approximate surface area is 58.1 Å². The highest BCUT2D eigenvalue weighted by atomic mass is 28.2. The molecule has 0 rings (SSSR count). The SMILES string of the molecule is C=C[SiH2]CC(CC)=NO. The maximum atomic E-state index is 8.33. The second kappa shape index (κ2) is 5.56. The lowest BCUT2D eigenvalue weighted by Crippen LogP contribution is -1.98. The molecule has 0 saturated heterocycles. The summed E-state index contributed by atoms with van der Waals surface area (Å²) in [6, 6.07) is 0.969. The summed E-state index contributed by atoms with van der Waals surface area (Å²) in [6.45, 7) is 5.62. The normalized spacial score (nSPS) is 12.8. The van der Waals surface area contributed by atoms with Crippen LogP contribution in [0, 0.1) is 0 Å². The van der Waals surface area contributed by atoms with E-state index in [4.69, 9.17) is 5.21 Å². The average Bonchev–Trinajstić information content (AvgIpc) is 1.91. The minimum Gasteiger partial charge on any atom is -0.411 e. The molecule has 0 fully saturated rings. The largest absolute Gasteiger partial charge is 0.411 e. The summed E-state index contributed by atoms with van der Waals surface area (Å²) in [5.74, 6) is 0. The third-order valence-corrected chi connectivity index (χ3v) is 2.46. The van der Waals surface area contributed by atoms with E-state index in [2.05, 4.69) is 11.7 Å². The molecule has 1 N–H and O–H groups in total. The number of oxime groups is 1. The zero-order chi connectivity index (χ0) is 7.11. The average molecular weight is 143 g/mol. The van der Waals surface area contributed by atoms with Crippen molar-refractivity contribution in [3.05, 3.63) is 12.3 Å². The van der Waals surface area contributed by atoms with Crippen LogP contribution < -0.4 is 0 Å². The molecule has 0 aliphatic carbocycles. The molecule has 0 spiro atoms. The highest BCUT2D eigenvalue weighted by molar-refractivity contribution is 6.47. The molecule has 3 heteroatoms. The predicted molar refractivity (Wildman–Crippen MR) is 43.1 cm³/mol. The third-order valence-electron chi connectivity index (χ3n) is 1.19. The first-order chi connectivity index (χ1) is 4.35. The molecule has 0 aromatic carbocycles. The molecule has 0 heterocycles. The number of hydrogen-bond donors (Lipinski definition) is 1. The predicted octanol–water partition coefficient (Wildman–Crippen LogP) is 0.957. The molecular weight excluding hydrogens is 130 g/mol. The van der Waals surface area contributed by atoms with E-state index >= 15 is 0 Å². The van der Waals surface area contributed by atoms with E-state index in [-0.39, 0.29) is 9.52 Å². The maximum absolute atomic E-state index is 8.33. The molecular formula is C6H13NOSi. The molecule has 0 aromatic heterocycles. The Morgan fingerprint density at radius 3 is 2.89 bits per heavy atom. The summed E-state index contributed by atoms with van der Waals surface area (Å²) >= 11 is 0. The first-order valence-electron chi connectivity index (χ1n) is 3.15. The Balaban J connectivity index is 3.44. The van der Waals surface area contributed by atoms with Crippen molar-refractivity contribution in [2.45, 2.75) is 19.4 Å².